The summed E-state index contributed by atoms with van der Waals surface area (Å²) in [6.45, 7) is 0.722. The molecule has 1 aromatic rings. The first-order valence-electron chi connectivity index (χ1n) is 5.00. The summed E-state index contributed by atoms with van der Waals surface area (Å²) in [5, 5.41) is 10.1. The van der Waals surface area contributed by atoms with Gasteiger partial charge >= 0.3 is 6.18 Å². The van der Waals surface area contributed by atoms with Gasteiger partial charge < -0.3 is 5.32 Å². The highest BCUT2D eigenvalue weighted by atomic mass is 35.5. The topological polar surface area (TPSA) is 82.7 Å². The average Bonchev–Trinajstić information content (AvgIpc) is 2.85. The number of halogens is 4. The second-order valence-corrected chi connectivity index (χ2v) is 3.64. The molecule has 6 nitrogen and oxygen atoms in total. The van der Waals surface area contributed by atoms with Crippen LogP contribution >= 0.6 is 12.4 Å². The van der Waals surface area contributed by atoms with Crippen molar-refractivity contribution in [1.29, 1.82) is 0 Å². The van der Waals surface area contributed by atoms with Crippen LogP contribution in [0.5, 0.6) is 0 Å². The minimum absolute atomic E-state index is 0. The zero-order valence-corrected chi connectivity index (χ0v) is 9.86. The van der Waals surface area contributed by atoms with Gasteiger partial charge in [-0.15, -0.1) is 17.5 Å². The van der Waals surface area contributed by atoms with E-state index in [9.17, 15) is 18.0 Å². The molecule has 1 atom stereocenters. The van der Waals surface area contributed by atoms with E-state index < -0.39 is 17.9 Å². The van der Waals surface area contributed by atoms with E-state index in [1.54, 1.807) is 5.10 Å². The highest BCUT2D eigenvalue weighted by molar-refractivity contribution is 5.93. The molecular weight excluding hydrogens is 275 g/mol. The number of anilines is 1. The Labute approximate surface area is 106 Å². The van der Waals surface area contributed by atoms with Crippen LogP contribution in [0.2, 0.25) is 0 Å². The summed E-state index contributed by atoms with van der Waals surface area (Å²) in [5.74, 6) is -2.02. The van der Waals surface area contributed by atoms with Crippen molar-refractivity contribution in [3.05, 3.63) is 5.82 Å². The summed E-state index contributed by atoms with van der Waals surface area (Å²) < 4.78 is 36.5. The van der Waals surface area contributed by atoms with Crippen molar-refractivity contribution in [2.24, 2.45) is 0 Å². The third-order valence-electron chi connectivity index (χ3n) is 2.37. The van der Waals surface area contributed by atoms with E-state index >= 15 is 0 Å². The van der Waals surface area contributed by atoms with Crippen LogP contribution in [0.3, 0.4) is 0 Å². The lowest BCUT2D eigenvalue weighted by Crippen LogP contribution is -2.35. The molecule has 1 unspecified atom stereocenters. The van der Waals surface area contributed by atoms with E-state index in [0.29, 0.717) is 6.42 Å². The number of nitrogens with zero attached hydrogens (tertiary/aromatic N) is 2. The van der Waals surface area contributed by atoms with Gasteiger partial charge in [-0.2, -0.15) is 18.2 Å². The Kier molecular flexibility index (Phi) is 4.52. The van der Waals surface area contributed by atoms with Crippen molar-refractivity contribution >= 4 is 24.3 Å². The summed E-state index contributed by atoms with van der Waals surface area (Å²) in [4.78, 5) is 14.7. The Morgan fingerprint density at radius 3 is 2.67 bits per heavy atom. The van der Waals surface area contributed by atoms with Crippen LogP contribution in [0.4, 0.5) is 19.1 Å². The molecule has 2 heterocycles. The van der Waals surface area contributed by atoms with Gasteiger partial charge in [0.05, 0.1) is 6.04 Å². The monoisotopic (exact) mass is 285 g/mol. The molecule has 1 amide bonds. The van der Waals surface area contributed by atoms with Gasteiger partial charge in [0.25, 0.3) is 0 Å². The molecule has 102 valence electrons. The van der Waals surface area contributed by atoms with Crippen molar-refractivity contribution in [3.63, 3.8) is 0 Å². The van der Waals surface area contributed by atoms with Crippen LogP contribution in [-0.4, -0.2) is 33.7 Å². The zero-order chi connectivity index (χ0) is 12.5. The number of hydrogen-bond acceptors (Lipinski definition) is 4. The van der Waals surface area contributed by atoms with Crippen molar-refractivity contribution < 1.29 is 18.0 Å². The van der Waals surface area contributed by atoms with E-state index in [1.165, 1.54) is 0 Å². The van der Waals surface area contributed by atoms with Gasteiger partial charge in [0.1, 0.15) is 0 Å². The molecule has 1 fully saturated rings. The smallest absolute Gasteiger partial charge is 0.306 e. The molecule has 18 heavy (non-hydrogen) atoms. The predicted molar refractivity (Wildman–Crippen MR) is 58.3 cm³/mol. The SMILES string of the molecule is Cl.O=C(Nc1n[nH]c(C(F)(F)F)n1)C1CCCN1. The number of hydrogen-bond donors (Lipinski definition) is 3. The van der Waals surface area contributed by atoms with E-state index in [0.717, 1.165) is 13.0 Å². The van der Waals surface area contributed by atoms with Crippen LogP contribution in [0.1, 0.15) is 18.7 Å². The number of nitrogens with one attached hydrogen (secondary N) is 3. The minimum Gasteiger partial charge on any atom is -0.306 e. The summed E-state index contributed by atoms with van der Waals surface area (Å²) in [6, 6.07) is -0.386. The van der Waals surface area contributed by atoms with E-state index in [2.05, 4.69) is 20.7 Å². The second-order valence-electron chi connectivity index (χ2n) is 3.64. The Morgan fingerprint density at radius 2 is 2.17 bits per heavy atom. The van der Waals surface area contributed by atoms with E-state index in [4.69, 9.17) is 0 Å². The number of alkyl halides is 3. The standard InChI is InChI=1S/C8H10F3N5O.ClH/c9-8(10,11)6-14-7(16-15-6)13-5(17)4-2-1-3-12-4;/h4,12H,1-3H2,(H2,13,14,15,16,17);1H. The van der Waals surface area contributed by atoms with Gasteiger partial charge in [-0.1, -0.05) is 0 Å². The minimum atomic E-state index is -4.60. The molecule has 0 bridgehead atoms. The number of rotatable bonds is 2. The van der Waals surface area contributed by atoms with E-state index in [1.807, 2.05) is 0 Å². The molecule has 2 rings (SSSR count). The second kappa shape index (κ2) is 5.53. The maximum absolute atomic E-state index is 12.2. The van der Waals surface area contributed by atoms with Gasteiger partial charge in [0.2, 0.25) is 17.7 Å². The number of carbonyl (C=O) groups is 1. The van der Waals surface area contributed by atoms with Crippen molar-refractivity contribution in [3.8, 4) is 0 Å². The zero-order valence-electron chi connectivity index (χ0n) is 9.04. The number of H-pyrrole nitrogens is 1. The highest BCUT2D eigenvalue weighted by Crippen LogP contribution is 2.26. The first-order valence-corrected chi connectivity index (χ1v) is 5.00. The number of carbonyl (C=O) groups excluding carboxylic acids is 1. The van der Waals surface area contributed by atoms with Crippen LogP contribution < -0.4 is 10.6 Å². The van der Waals surface area contributed by atoms with Crippen LogP contribution in [0, 0.1) is 0 Å². The van der Waals surface area contributed by atoms with Gasteiger partial charge in [-0.25, -0.2) is 0 Å². The molecule has 1 saturated heterocycles. The van der Waals surface area contributed by atoms with Crippen molar-refractivity contribution in [2.45, 2.75) is 25.1 Å². The molecular formula is C8H11ClF3N5O. The average molecular weight is 286 g/mol. The molecule has 0 aromatic carbocycles. The fourth-order valence-corrected chi connectivity index (χ4v) is 1.55. The maximum atomic E-state index is 12.2. The summed E-state index contributed by atoms with van der Waals surface area (Å²) >= 11 is 0. The van der Waals surface area contributed by atoms with Gasteiger partial charge in [-0.05, 0) is 19.4 Å². The lowest BCUT2D eigenvalue weighted by atomic mass is 10.2. The molecule has 1 aliphatic rings. The number of aromatic nitrogens is 3. The molecule has 10 heteroatoms. The van der Waals surface area contributed by atoms with Crippen LogP contribution in [0.25, 0.3) is 0 Å². The Balaban J connectivity index is 0.00000162. The Bertz CT molecular complexity index is 415. The first-order chi connectivity index (χ1) is 7.97. The molecule has 0 saturated carbocycles. The lowest BCUT2D eigenvalue weighted by Gasteiger charge is -2.07. The molecule has 1 aromatic heterocycles. The number of amides is 1. The molecule has 0 spiro atoms. The molecule has 0 radical (unpaired) electrons. The largest absolute Gasteiger partial charge is 0.451 e. The third-order valence-corrected chi connectivity index (χ3v) is 2.37. The first kappa shape index (κ1) is 14.7. The van der Waals surface area contributed by atoms with Crippen LogP contribution in [-0.2, 0) is 11.0 Å². The quantitative estimate of drug-likeness (QED) is 0.755. The highest BCUT2D eigenvalue weighted by Gasteiger charge is 2.35. The molecule has 1 aliphatic heterocycles. The van der Waals surface area contributed by atoms with Gasteiger partial charge in [0.15, 0.2) is 0 Å². The fraction of sp³-hybridized carbons (Fsp3) is 0.625. The summed E-state index contributed by atoms with van der Waals surface area (Å²) in [5.41, 5.74) is 0. The molecule has 0 aliphatic carbocycles. The van der Waals surface area contributed by atoms with Gasteiger partial charge in [0, 0.05) is 0 Å². The summed E-state index contributed by atoms with van der Waals surface area (Å²) in [7, 11) is 0. The van der Waals surface area contributed by atoms with Crippen molar-refractivity contribution in [2.75, 3.05) is 11.9 Å². The maximum Gasteiger partial charge on any atom is 0.451 e. The lowest BCUT2D eigenvalue weighted by molar-refractivity contribution is -0.144. The van der Waals surface area contributed by atoms with Crippen LogP contribution in [0.15, 0.2) is 0 Å². The van der Waals surface area contributed by atoms with Crippen molar-refractivity contribution in [1.82, 2.24) is 20.5 Å². The van der Waals surface area contributed by atoms with E-state index in [-0.39, 0.29) is 24.4 Å². The number of aromatic amines is 1. The fourth-order valence-electron chi connectivity index (χ4n) is 1.55. The Hall–Kier alpha value is -1.35. The summed E-state index contributed by atoms with van der Waals surface area (Å²) in [6.07, 6.45) is -3.08. The third kappa shape index (κ3) is 3.33. The normalized spacial score (nSPS) is 19.4. The van der Waals surface area contributed by atoms with Gasteiger partial charge in [-0.3, -0.25) is 15.2 Å². The predicted octanol–water partition coefficient (Wildman–Crippen LogP) is 0.936. The molecule has 3 N–H and O–H groups in total. The Morgan fingerprint density at radius 1 is 1.44 bits per heavy atom.